The number of rotatable bonds is 5. The maximum Gasteiger partial charge on any atom is 0.418 e. The Hall–Kier alpha value is -3.82. The van der Waals surface area contributed by atoms with Crippen molar-refractivity contribution >= 4 is 17.5 Å². The highest BCUT2D eigenvalue weighted by molar-refractivity contribution is 5.90. The first-order chi connectivity index (χ1) is 16.3. The van der Waals surface area contributed by atoms with Gasteiger partial charge in [0.15, 0.2) is 5.82 Å². The summed E-state index contributed by atoms with van der Waals surface area (Å²) in [6, 6.07) is 15.7. The molecule has 2 aromatic carbocycles. The lowest BCUT2D eigenvalue weighted by Crippen LogP contribution is -2.50. The average molecular weight is 471 g/mol. The molecule has 4 rings (SSSR count). The van der Waals surface area contributed by atoms with Gasteiger partial charge in [0, 0.05) is 31.7 Å². The summed E-state index contributed by atoms with van der Waals surface area (Å²) in [4.78, 5) is 16.0. The number of carbonyl (C=O) groups excluding carboxylic acids is 1. The molecule has 1 aromatic heterocycles. The summed E-state index contributed by atoms with van der Waals surface area (Å²) in [7, 11) is 0. The van der Waals surface area contributed by atoms with Gasteiger partial charge in [0.1, 0.15) is 5.75 Å². The number of anilines is 2. The van der Waals surface area contributed by atoms with Crippen LogP contribution < -0.4 is 15.0 Å². The number of hydrogen-bond donors (Lipinski definition) is 1. The number of urea groups is 1. The number of ether oxygens (including phenoxy) is 1. The van der Waals surface area contributed by atoms with Gasteiger partial charge in [0.05, 0.1) is 23.6 Å². The predicted octanol–water partition coefficient (Wildman–Crippen LogP) is 4.92. The van der Waals surface area contributed by atoms with E-state index in [1.54, 1.807) is 0 Å². The van der Waals surface area contributed by atoms with Crippen LogP contribution in [0.25, 0.3) is 11.3 Å². The molecule has 0 bridgehead atoms. The maximum atomic E-state index is 13.2. The fourth-order valence-electron chi connectivity index (χ4n) is 3.71. The lowest BCUT2D eigenvalue weighted by Gasteiger charge is -2.35. The van der Waals surface area contributed by atoms with Gasteiger partial charge in [-0.2, -0.15) is 13.2 Å². The van der Waals surface area contributed by atoms with Crippen LogP contribution in [0.3, 0.4) is 0 Å². The Morgan fingerprint density at radius 2 is 1.68 bits per heavy atom. The van der Waals surface area contributed by atoms with Crippen LogP contribution >= 0.6 is 0 Å². The fourth-order valence-corrected chi connectivity index (χ4v) is 3.71. The highest BCUT2D eigenvalue weighted by atomic mass is 19.4. The molecule has 2 heterocycles. The Kier molecular flexibility index (Phi) is 6.85. The van der Waals surface area contributed by atoms with Gasteiger partial charge < -0.3 is 19.9 Å². The highest BCUT2D eigenvalue weighted by Crippen LogP contribution is 2.34. The summed E-state index contributed by atoms with van der Waals surface area (Å²) in [6.07, 6.45) is -4.54. The van der Waals surface area contributed by atoms with Crippen LogP contribution in [0.5, 0.6) is 5.75 Å². The maximum absolute atomic E-state index is 13.2. The molecule has 3 aromatic rings. The number of piperazine rings is 1. The summed E-state index contributed by atoms with van der Waals surface area (Å²) in [5, 5.41) is 11.0. The van der Waals surface area contributed by atoms with Crippen LogP contribution in [0.15, 0.2) is 60.7 Å². The molecular weight excluding hydrogens is 447 g/mol. The van der Waals surface area contributed by atoms with Crippen molar-refractivity contribution in [3.05, 3.63) is 66.2 Å². The molecule has 0 aliphatic carbocycles. The number of hydrogen-bond acceptors (Lipinski definition) is 5. The molecule has 178 valence electrons. The first kappa shape index (κ1) is 23.3. The number of benzene rings is 2. The summed E-state index contributed by atoms with van der Waals surface area (Å²) < 4.78 is 45.0. The van der Waals surface area contributed by atoms with E-state index in [0.717, 1.165) is 23.1 Å². The molecule has 34 heavy (non-hydrogen) atoms. The number of halogens is 3. The van der Waals surface area contributed by atoms with Crippen molar-refractivity contribution in [1.82, 2.24) is 15.1 Å². The summed E-state index contributed by atoms with van der Waals surface area (Å²) in [5.74, 6) is 1.47. The number of nitrogens with one attached hydrogen (secondary N) is 1. The molecule has 0 unspecified atom stereocenters. The van der Waals surface area contributed by atoms with E-state index >= 15 is 0 Å². The first-order valence-electron chi connectivity index (χ1n) is 10.9. The lowest BCUT2D eigenvalue weighted by molar-refractivity contribution is -0.136. The van der Waals surface area contributed by atoms with Gasteiger partial charge in [-0.15, -0.1) is 10.2 Å². The average Bonchev–Trinajstić information content (AvgIpc) is 2.85. The van der Waals surface area contributed by atoms with Gasteiger partial charge in [-0.1, -0.05) is 12.1 Å². The van der Waals surface area contributed by atoms with E-state index in [4.69, 9.17) is 4.74 Å². The second-order valence-electron chi connectivity index (χ2n) is 7.68. The van der Waals surface area contributed by atoms with Crippen molar-refractivity contribution in [2.45, 2.75) is 13.1 Å². The molecule has 0 atom stereocenters. The van der Waals surface area contributed by atoms with Crippen LogP contribution in [0.2, 0.25) is 0 Å². The molecule has 1 aliphatic heterocycles. The number of aromatic nitrogens is 2. The van der Waals surface area contributed by atoms with E-state index < -0.39 is 17.8 Å². The molecule has 1 fully saturated rings. The molecule has 0 saturated carbocycles. The molecule has 7 nitrogen and oxygen atoms in total. The summed E-state index contributed by atoms with van der Waals surface area (Å²) >= 11 is 0. The molecule has 0 spiro atoms. The van der Waals surface area contributed by atoms with Crippen LogP contribution in [-0.2, 0) is 6.18 Å². The predicted molar refractivity (Wildman–Crippen MR) is 123 cm³/mol. The van der Waals surface area contributed by atoms with Crippen molar-refractivity contribution in [2.75, 3.05) is 43.0 Å². The number of amides is 2. The van der Waals surface area contributed by atoms with Crippen molar-refractivity contribution in [3.8, 4) is 17.0 Å². The Bertz CT molecular complexity index is 1110. The van der Waals surface area contributed by atoms with Gasteiger partial charge in [0.25, 0.3) is 0 Å². The minimum atomic E-state index is -4.54. The topological polar surface area (TPSA) is 70.6 Å². The van der Waals surface area contributed by atoms with Crippen molar-refractivity contribution in [1.29, 1.82) is 0 Å². The Morgan fingerprint density at radius 1 is 0.971 bits per heavy atom. The van der Waals surface area contributed by atoms with Crippen LogP contribution in [0, 0.1) is 0 Å². The minimum absolute atomic E-state index is 0.252. The van der Waals surface area contributed by atoms with Crippen LogP contribution in [0.4, 0.5) is 29.5 Å². The highest BCUT2D eigenvalue weighted by Gasteiger charge is 2.34. The monoisotopic (exact) mass is 471 g/mol. The largest absolute Gasteiger partial charge is 0.494 e. The zero-order valence-electron chi connectivity index (χ0n) is 18.5. The van der Waals surface area contributed by atoms with Gasteiger partial charge >= 0.3 is 12.2 Å². The summed E-state index contributed by atoms with van der Waals surface area (Å²) in [5.41, 5.74) is 0.527. The van der Waals surface area contributed by atoms with Crippen molar-refractivity contribution in [3.63, 3.8) is 0 Å². The van der Waals surface area contributed by atoms with Gasteiger partial charge in [-0.3, -0.25) is 0 Å². The SMILES string of the molecule is CCOc1ccc(-c2ccc(N3CCN(C(=O)Nc4ccccc4C(F)(F)F)CC3)nn2)cc1. The zero-order chi connectivity index (χ0) is 24.1. The standard InChI is InChI=1S/C24H24F3N5O2/c1-2-34-18-9-7-17(8-10-18)20-11-12-22(30-29-20)31-13-15-32(16-14-31)23(33)28-21-6-4-3-5-19(21)24(25,26)27/h3-12H,2,13-16H2,1H3,(H,28,33). The number of alkyl halides is 3. The van der Waals surface area contributed by atoms with Crippen LogP contribution in [0.1, 0.15) is 12.5 Å². The van der Waals surface area contributed by atoms with Gasteiger partial charge in [-0.05, 0) is 55.5 Å². The Labute approximate surface area is 195 Å². The molecule has 0 radical (unpaired) electrons. The fraction of sp³-hybridized carbons (Fsp3) is 0.292. The second-order valence-corrected chi connectivity index (χ2v) is 7.68. The van der Waals surface area contributed by atoms with E-state index in [1.807, 2.05) is 48.2 Å². The lowest BCUT2D eigenvalue weighted by atomic mass is 10.1. The molecule has 1 saturated heterocycles. The van der Waals surface area contributed by atoms with E-state index in [1.165, 1.54) is 23.1 Å². The second kappa shape index (κ2) is 9.98. The van der Waals surface area contributed by atoms with Gasteiger partial charge in [-0.25, -0.2) is 4.79 Å². The third-order valence-corrected chi connectivity index (χ3v) is 5.48. The normalized spacial score (nSPS) is 14.1. The minimum Gasteiger partial charge on any atom is -0.494 e. The number of para-hydroxylation sites is 1. The van der Waals surface area contributed by atoms with E-state index in [2.05, 4.69) is 15.5 Å². The first-order valence-corrected chi connectivity index (χ1v) is 10.9. The Balaban J connectivity index is 1.34. The number of nitrogens with zero attached hydrogens (tertiary/aromatic N) is 4. The van der Waals surface area contributed by atoms with Crippen molar-refractivity contribution in [2.24, 2.45) is 0 Å². The van der Waals surface area contributed by atoms with E-state index in [0.29, 0.717) is 38.6 Å². The van der Waals surface area contributed by atoms with E-state index in [9.17, 15) is 18.0 Å². The third kappa shape index (κ3) is 5.38. The molecule has 1 N–H and O–H groups in total. The molecular formula is C24H24F3N5O2. The molecule has 1 aliphatic rings. The van der Waals surface area contributed by atoms with Crippen LogP contribution in [-0.4, -0.2) is 53.9 Å². The quantitative estimate of drug-likeness (QED) is 0.572. The molecule has 2 amide bonds. The Morgan fingerprint density at radius 3 is 2.29 bits per heavy atom. The van der Waals surface area contributed by atoms with Crippen molar-refractivity contribution < 1.29 is 22.7 Å². The van der Waals surface area contributed by atoms with E-state index in [-0.39, 0.29) is 5.69 Å². The zero-order valence-corrected chi connectivity index (χ0v) is 18.5. The number of carbonyl (C=O) groups is 1. The van der Waals surface area contributed by atoms with Gasteiger partial charge in [0.2, 0.25) is 0 Å². The molecule has 10 heteroatoms. The summed E-state index contributed by atoms with van der Waals surface area (Å²) in [6.45, 7) is 4.21. The smallest absolute Gasteiger partial charge is 0.418 e. The third-order valence-electron chi connectivity index (χ3n) is 5.48.